The van der Waals surface area contributed by atoms with Crippen LogP contribution in [0.5, 0.6) is 17.6 Å². The molecule has 3 aliphatic rings. The summed E-state index contributed by atoms with van der Waals surface area (Å²) in [6.07, 6.45) is 2.80. The van der Waals surface area contributed by atoms with Gasteiger partial charge in [-0.3, -0.25) is 4.79 Å². The third kappa shape index (κ3) is 5.28. The molecule has 10 heteroatoms. The number of fused-ring (bicyclic) bond motifs is 2. The van der Waals surface area contributed by atoms with E-state index in [1.165, 1.54) is 6.08 Å². The number of aromatic nitrogens is 2. The lowest BCUT2D eigenvalue weighted by Crippen LogP contribution is -2.54. The van der Waals surface area contributed by atoms with Crippen molar-refractivity contribution in [3.8, 4) is 17.6 Å². The van der Waals surface area contributed by atoms with Crippen LogP contribution in [0.1, 0.15) is 38.4 Å². The Hall–Kier alpha value is -3.56. The van der Waals surface area contributed by atoms with Crippen molar-refractivity contribution in [1.29, 1.82) is 0 Å². The SMILES string of the molecule is C=CC(=O)N1CCN(c2nc(OCC3CCCN3C)nc3c2O[C@H](C)C(c2cccc4cccc(Cl)c24)O3)[C@@H](C)C1. The Morgan fingerprint density at radius 3 is 2.68 bits per heavy atom. The van der Waals surface area contributed by atoms with Crippen LogP contribution in [0.2, 0.25) is 5.02 Å². The van der Waals surface area contributed by atoms with Crippen molar-refractivity contribution in [3.63, 3.8) is 0 Å². The van der Waals surface area contributed by atoms with Crippen LogP contribution in [0.3, 0.4) is 0 Å². The van der Waals surface area contributed by atoms with E-state index in [4.69, 9.17) is 35.8 Å². The molecule has 9 nitrogen and oxygen atoms in total. The van der Waals surface area contributed by atoms with Gasteiger partial charge in [0.15, 0.2) is 11.9 Å². The normalized spacial score (nSPS) is 24.5. The van der Waals surface area contributed by atoms with E-state index in [1.54, 1.807) is 4.90 Å². The Bertz CT molecular complexity index is 1460. The molecule has 4 atom stereocenters. The number of nitrogens with zero attached hydrogens (tertiary/aromatic N) is 5. The first-order chi connectivity index (χ1) is 19.8. The highest BCUT2D eigenvalue weighted by Gasteiger charge is 2.38. The quantitative estimate of drug-likeness (QED) is 0.384. The maximum atomic E-state index is 12.3. The van der Waals surface area contributed by atoms with Crippen LogP contribution in [-0.2, 0) is 4.79 Å². The molecule has 0 aliphatic carbocycles. The molecule has 3 aliphatic heterocycles. The number of rotatable bonds is 6. The number of ether oxygens (including phenoxy) is 3. The van der Waals surface area contributed by atoms with Gasteiger partial charge in [0, 0.05) is 47.7 Å². The molecule has 3 aromatic rings. The fourth-order valence-corrected chi connectivity index (χ4v) is 6.44. The van der Waals surface area contributed by atoms with E-state index in [1.807, 2.05) is 43.3 Å². The van der Waals surface area contributed by atoms with Gasteiger partial charge in [-0.15, -0.1) is 0 Å². The van der Waals surface area contributed by atoms with Crippen LogP contribution in [0.4, 0.5) is 5.82 Å². The molecule has 2 aromatic carbocycles. The highest BCUT2D eigenvalue weighted by atomic mass is 35.5. The summed E-state index contributed by atoms with van der Waals surface area (Å²) in [6.45, 7) is 10.9. The fraction of sp³-hybridized carbons (Fsp3) is 0.452. The van der Waals surface area contributed by atoms with Crippen molar-refractivity contribution in [2.45, 2.75) is 51.0 Å². The van der Waals surface area contributed by atoms with Crippen LogP contribution in [0, 0.1) is 0 Å². The van der Waals surface area contributed by atoms with Gasteiger partial charge in [-0.25, -0.2) is 0 Å². The largest absolute Gasteiger partial charge is 0.478 e. The van der Waals surface area contributed by atoms with Gasteiger partial charge in [0.2, 0.25) is 11.7 Å². The van der Waals surface area contributed by atoms with E-state index < -0.39 is 6.10 Å². The second kappa shape index (κ2) is 11.4. The van der Waals surface area contributed by atoms with Crippen molar-refractivity contribution in [2.24, 2.45) is 0 Å². The molecular formula is C31H36ClN5O4. The lowest BCUT2D eigenvalue weighted by Gasteiger charge is -2.42. The molecule has 6 rings (SSSR count). The standard InChI is InChI=1S/C31H36ClN5O4/c1-5-25(38)36-15-16-37(19(2)17-36)29-28-30(34-31(33-29)39-18-22-11-8-14-35(22)4)41-27(20(3)40-28)23-12-6-9-21-10-7-13-24(32)26(21)23/h5-7,9-10,12-13,19-20,22,27H,1,8,11,14-18H2,2-4H3/t19-,20+,22?,27?/m0/s1. The molecule has 0 N–H and O–H groups in total. The van der Waals surface area contributed by atoms with Crippen LogP contribution in [0.15, 0.2) is 49.1 Å². The zero-order chi connectivity index (χ0) is 28.7. The van der Waals surface area contributed by atoms with E-state index in [9.17, 15) is 4.79 Å². The number of benzene rings is 2. The number of amides is 1. The first-order valence-corrected chi connectivity index (χ1v) is 14.7. The number of likely N-dealkylation sites (tertiary alicyclic amines) is 1. The molecule has 2 saturated heterocycles. The molecule has 2 unspecified atom stereocenters. The summed E-state index contributed by atoms with van der Waals surface area (Å²) in [7, 11) is 2.12. The summed E-state index contributed by atoms with van der Waals surface area (Å²) in [5, 5.41) is 2.63. The Morgan fingerprint density at radius 2 is 1.95 bits per heavy atom. The Morgan fingerprint density at radius 1 is 1.15 bits per heavy atom. The lowest BCUT2D eigenvalue weighted by molar-refractivity contribution is -0.126. The van der Waals surface area contributed by atoms with Crippen molar-refractivity contribution in [2.75, 3.05) is 44.7 Å². The van der Waals surface area contributed by atoms with Crippen LogP contribution < -0.4 is 19.1 Å². The molecule has 0 bridgehead atoms. The predicted octanol–water partition coefficient (Wildman–Crippen LogP) is 4.88. The second-order valence-electron chi connectivity index (χ2n) is 11.1. The highest BCUT2D eigenvalue weighted by molar-refractivity contribution is 6.35. The van der Waals surface area contributed by atoms with E-state index in [0.717, 1.165) is 35.7 Å². The average Bonchev–Trinajstić information content (AvgIpc) is 3.39. The molecule has 0 radical (unpaired) electrons. The number of carbonyl (C=O) groups excluding carboxylic acids is 1. The van der Waals surface area contributed by atoms with Crippen molar-refractivity contribution in [3.05, 3.63) is 59.6 Å². The van der Waals surface area contributed by atoms with E-state index in [2.05, 4.69) is 30.4 Å². The van der Waals surface area contributed by atoms with Gasteiger partial charge < -0.3 is 28.9 Å². The Labute approximate surface area is 245 Å². The van der Waals surface area contributed by atoms with Gasteiger partial charge >= 0.3 is 6.01 Å². The molecule has 4 heterocycles. The van der Waals surface area contributed by atoms with Crippen LogP contribution >= 0.6 is 11.6 Å². The Balaban J connectivity index is 1.36. The first kappa shape index (κ1) is 27.6. The number of likely N-dealkylation sites (N-methyl/N-ethyl adjacent to an activating group) is 1. The molecule has 0 spiro atoms. The summed E-state index contributed by atoms with van der Waals surface area (Å²) in [4.78, 5) is 28.1. The van der Waals surface area contributed by atoms with Gasteiger partial charge in [0.1, 0.15) is 12.7 Å². The summed E-state index contributed by atoms with van der Waals surface area (Å²) in [5.74, 6) is 1.37. The van der Waals surface area contributed by atoms with Gasteiger partial charge in [0.25, 0.3) is 5.88 Å². The van der Waals surface area contributed by atoms with Crippen molar-refractivity contribution < 1.29 is 19.0 Å². The van der Waals surface area contributed by atoms with Gasteiger partial charge in [0.05, 0.1) is 0 Å². The molecule has 2 fully saturated rings. The number of halogens is 1. The third-order valence-corrected chi connectivity index (χ3v) is 8.73. The predicted molar refractivity (Wildman–Crippen MR) is 159 cm³/mol. The minimum absolute atomic E-state index is 0.0195. The maximum absolute atomic E-state index is 12.3. The fourth-order valence-electron chi connectivity index (χ4n) is 6.14. The number of anilines is 1. The average molecular weight is 578 g/mol. The minimum Gasteiger partial charge on any atom is -0.478 e. The zero-order valence-electron chi connectivity index (χ0n) is 23.8. The van der Waals surface area contributed by atoms with E-state index >= 15 is 0 Å². The molecule has 0 saturated carbocycles. The van der Waals surface area contributed by atoms with Crippen molar-refractivity contribution >= 4 is 34.1 Å². The minimum atomic E-state index is -0.442. The number of hydrogen-bond donors (Lipinski definition) is 0. The first-order valence-electron chi connectivity index (χ1n) is 14.3. The van der Waals surface area contributed by atoms with Gasteiger partial charge in [-0.1, -0.05) is 48.5 Å². The van der Waals surface area contributed by atoms with Crippen LogP contribution in [0.25, 0.3) is 10.8 Å². The third-order valence-electron chi connectivity index (χ3n) is 8.42. The summed E-state index contributed by atoms with van der Waals surface area (Å²) < 4.78 is 19.4. The van der Waals surface area contributed by atoms with Gasteiger partial charge in [-0.05, 0) is 57.8 Å². The molecule has 41 heavy (non-hydrogen) atoms. The molecule has 1 amide bonds. The molecule has 1 aromatic heterocycles. The number of piperazine rings is 1. The maximum Gasteiger partial charge on any atom is 0.322 e. The topological polar surface area (TPSA) is 80.3 Å². The van der Waals surface area contributed by atoms with E-state index in [-0.39, 0.29) is 24.1 Å². The Kier molecular flexibility index (Phi) is 7.66. The highest BCUT2D eigenvalue weighted by Crippen LogP contribution is 2.46. The number of hydrogen-bond acceptors (Lipinski definition) is 8. The zero-order valence-corrected chi connectivity index (χ0v) is 24.5. The van der Waals surface area contributed by atoms with Gasteiger partial charge in [-0.2, -0.15) is 9.97 Å². The van der Waals surface area contributed by atoms with Crippen molar-refractivity contribution in [1.82, 2.24) is 19.8 Å². The summed E-state index contributed by atoms with van der Waals surface area (Å²) in [5.41, 5.74) is 0.936. The van der Waals surface area contributed by atoms with Crippen LogP contribution in [-0.4, -0.2) is 83.7 Å². The second-order valence-corrected chi connectivity index (χ2v) is 11.5. The number of carbonyl (C=O) groups is 1. The molecular weight excluding hydrogens is 542 g/mol. The van der Waals surface area contributed by atoms with E-state index in [0.29, 0.717) is 54.8 Å². The lowest BCUT2D eigenvalue weighted by atomic mass is 9.97. The molecule has 216 valence electrons. The smallest absolute Gasteiger partial charge is 0.322 e. The monoisotopic (exact) mass is 577 g/mol. The summed E-state index contributed by atoms with van der Waals surface area (Å²) >= 11 is 6.67. The summed E-state index contributed by atoms with van der Waals surface area (Å²) in [6, 6.07) is 12.5.